The maximum atomic E-state index is 11.7. The molecule has 1 heterocycles. The molecular weight excluding hydrogens is 407 g/mol. The van der Waals surface area contributed by atoms with Crippen molar-refractivity contribution < 1.29 is 14.3 Å². The molecule has 0 radical (unpaired) electrons. The highest BCUT2D eigenvalue weighted by atomic mass is 35.5. The number of rotatable bonds is 6. The van der Waals surface area contributed by atoms with Crippen LogP contribution in [0.25, 0.3) is 6.08 Å². The smallest absolute Gasteiger partial charge is 0.286 e. The first kappa shape index (κ1) is 19.6. The Kier molecular flexibility index (Phi) is 6.31. The third-order valence-corrected chi connectivity index (χ3v) is 4.95. The van der Waals surface area contributed by atoms with Crippen LogP contribution in [0, 0.1) is 6.92 Å². The molecule has 8 heteroatoms. The second-order valence-corrected chi connectivity index (χ2v) is 7.57. The van der Waals surface area contributed by atoms with Crippen LogP contribution < -0.4 is 15.2 Å². The van der Waals surface area contributed by atoms with Crippen LogP contribution in [0.3, 0.4) is 0 Å². The Morgan fingerprint density at radius 1 is 1.11 bits per heavy atom. The molecule has 5 nitrogen and oxygen atoms in total. The summed E-state index contributed by atoms with van der Waals surface area (Å²) in [5.41, 5.74) is 7.36. The molecule has 2 aromatic rings. The second-order valence-electron chi connectivity index (χ2n) is 5.69. The summed E-state index contributed by atoms with van der Waals surface area (Å²) >= 11 is 13.7. The largest absolute Gasteiger partial charge is 0.490 e. The summed E-state index contributed by atoms with van der Waals surface area (Å²) in [4.78, 5) is 15.7. The minimum Gasteiger partial charge on any atom is -0.490 e. The van der Waals surface area contributed by atoms with Crippen molar-refractivity contribution in [3.8, 4) is 11.5 Å². The second kappa shape index (κ2) is 8.69. The van der Waals surface area contributed by atoms with Gasteiger partial charge in [-0.15, -0.1) is 0 Å². The highest BCUT2D eigenvalue weighted by molar-refractivity contribution is 8.18. The Hall–Kier alpha value is -2.15. The Bertz CT molecular complexity index is 904. The maximum absolute atomic E-state index is 11.7. The molecule has 27 heavy (non-hydrogen) atoms. The predicted octanol–water partition coefficient (Wildman–Crippen LogP) is 4.69. The molecule has 0 unspecified atom stereocenters. The number of hydrogen-bond acceptors (Lipinski definition) is 5. The van der Waals surface area contributed by atoms with Crippen LogP contribution >= 0.6 is 35.0 Å². The van der Waals surface area contributed by atoms with Crippen molar-refractivity contribution in [1.29, 1.82) is 0 Å². The average molecular weight is 423 g/mol. The molecule has 1 amide bonds. The van der Waals surface area contributed by atoms with Crippen LogP contribution in [0.15, 0.2) is 46.3 Å². The van der Waals surface area contributed by atoms with Crippen molar-refractivity contribution in [2.75, 3.05) is 13.2 Å². The summed E-state index contributed by atoms with van der Waals surface area (Å²) in [6.45, 7) is 2.65. The standard InChI is InChI=1S/C19H16Cl2N2O3S/c1-11-2-4-13(5-3-11)25-6-7-26-17-14(20)8-12(9-15(17)21)10-16-18(24)23-19(22)27-16/h2-5,8-10H,6-7H2,1H3,(H2,22,23,24)/b16-10-. The van der Waals surface area contributed by atoms with E-state index in [1.54, 1.807) is 18.2 Å². The van der Waals surface area contributed by atoms with E-state index in [4.69, 9.17) is 38.4 Å². The van der Waals surface area contributed by atoms with Crippen LogP contribution in [0.5, 0.6) is 11.5 Å². The lowest BCUT2D eigenvalue weighted by Gasteiger charge is -2.12. The van der Waals surface area contributed by atoms with Gasteiger partial charge < -0.3 is 15.2 Å². The molecule has 0 aliphatic carbocycles. The third-order valence-electron chi connectivity index (χ3n) is 3.57. The summed E-state index contributed by atoms with van der Waals surface area (Å²) in [7, 11) is 0. The number of ether oxygens (including phenoxy) is 2. The number of amidine groups is 1. The molecule has 0 saturated carbocycles. The van der Waals surface area contributed by atoms with E-state index in [0.29, 0.717) is 32.9 Å². The molecule has 0 aromatic heterocycles. The number of carbonyl (C=O) groups excluding carboxylic acids is 1. The monoisotopic (exact) mass is 422 g/mol. The molecule has 0 spiro atoms. The first-order chi connectivity index (χ1) is 12.9. The summed E-state index contributed by atoms with van der Waals surface area (Å²) in [5, 5.41) is 0.903. The van der Waals surface area contributed by atoms with Crippen LogP contribution in [-0.2, 0) is 4.79 Å². The van der Waals surface area contributed by atoms with E-state index in [1.807, 2.05) is 31.2 Å². The topological polar surface area (TPSA) is 73.9 Å². The van der Waals surface area contributed by atoms with Crippen molar-refractivity contribution >= 4 is 52.1 Å². The number of carbonyl (C=O) groups is 1. The van der Waals surface area contributed by atoms with Crippen molar-refractivity contribution in [3.63, 3.8) is 0 Å². The molecule has 2 aromatic carbocycles. The number of nitrogens with zero attached hydrogens (tertiary/aromatic N) is 1. The molecular formula is C19H16Cl2N2O3S. The Morgan fingerprint density at radius 3 is 2.33 bits per heavy atom. The van der Waals surface area contributed by atoms with Crippen LogP contribution in [0.1, 0.15) is 11.1 Å². The summed E-state index contributed by atoms with van der Waals surface area (Å²) in [5.74, 6) is 0.760. The fraction of sp³-hybridized carbons (Fsp3) is 0.158. The maximum Gasteiger partial charge on any atom is 0.286 e. The molecule has 3 rings (SSSR count). The van der Waals surface area contributed by atoms with Gasteiger partial charge in [-0.25, -0.2) is 0 Å². The summed E-state index contributed by atoms with van der Waals surface area (Å²) in [6.07, 6.45) is 1.64. The van der Waals surface area contributed by atoms with Gasteiger partial charge in [0.1, 0.15) is 19.0 Å². The van der Waals surface area contributed by atoms with E-state index >= 15 is 0 Å². The van der Waals surface area contributed by atoms with Crippen molar-refractivity contribution in [1.82, 2.24) is 0 Å². The summed E-state index contributed by atoms with van der Waals surface area (Å²) < 4.78 is 11.3. The van der Waals surface area contributed by atoms with Gasteiger partial charge in [0, 0.05) is 0 Å². The number of halogens is 2. The first-order valence-electron chi connectivity index (χ1n) is 8.02. The number of benzene rings is 2. The number of aryl methyl sites for hydroxylation is 1. The van der Waals surface area contributed by atoms with E-state index in [1.165, 1.54) is 5.56 Å². The molecule has 1 aliphatic heterocycles. The van der Waals surface area contributed by atoms with Crippen LogP contribution in [0.2, 0.25) is 10.0 Å². The van der Waals surface area contributed by atoms with Gasteiger partial charge in [-0.1, -0.05) is 40.9 Å². The minimum absolute atomic E-state index is 0.219. The lowest BCUT2D eigenvalue weighted by atomic mass is 10.2. The highest BCUT2D eigenvalue weighted by Gasteiger charge is 2.20. The zero-order valence-electron chi connectivity index (χ0n) is 14.4. The zero-order valence-corrected chi connectivity index (χ0v) is 16.7. The molecule has 140 valence electrons. The van der Waals surface area contributed by atoms with Gasteiger partial charge in [-0.2, -0.15) is 4.99 Å². The van der Waals surface area contributed by atoms with E-state index in [0.717, 1.165) is 17.5 Å². The van der Waals surface area contributed by atoms with Gasteiger partial charge >= 0.3 is 0 Å². The highest BCUT2D eigenvalue weighted by Crippen LogP contribution is 2.36. The van der Waals surface area contributed by atoms with E-state index < -0.39 is 0 Å². The van der Waals surface area contributed by atoms with Crippen molar-refractivity contribution in [2.24, 2.45) is 10.7 Å². The first-order valence-corrected chi connectivity index (χ1v) is 9.59. The van der Waals surface area contributed by atoms with Gasteiger partial charge in [-0.3, -0.25) is 4.79 Å². The summed E-state index contributed by atoms with van der Waals surface area (Å²) in [6, 6.07) is 11.1. The molecule has 0 bridgehead atoms. The number of aliphatic imine (C=N–C) groups is 1. The van der Waals surface area contributed by atoms with E-state index in [9.17, 15) is 4.79 Å². The zero-order chi connectivity index (χ0) is 19.4. The third kappa shape index (κ3) is 5.19. The SMILES string of the molecule is Cc1ccc(OCCOc2c(Cl)cc(/C=C3\SC(N)=NC3=O)cc2Cl)cc1. The molecule has 0 saturated heterocycles. The Morgan fingerprint density at radius 2 is 1.74 bits per heavy atom. The van der Waals surface area contributed by atoms with E-state index in [-0.39, 0.29) is 17.7 Å². The van der Waals surface area contributed by atoms with Gasteiger partial charge in [-0.05, 0) is 54.6 Å². The lowest BCUT2D eigenvalue weighted by Crippen LogP contribution is -2.09. The fourth-order valence-electron chi connectivity index (χ4n) is 2.32. The molecule has 1 aliphatic rings. The minimum atomic E-state index is -0.377. The van der Waals surface area contributed by atoms with Gasteiger partial charge in [0.25, 0.3) is 5.91 Å². The Labute approximate surface area is 171 Å². The van der Waals surface area contributed by atoms with Gasteiger partial charge in [0.2, 0.25) is 0 Å². The fourth-order valence-corrected chi connectivity index (χ4v) is 3.61. The lowest BCUT2D eigenvalue weighted by molar-refractivity contribution is -0.113. The number of hydrogen-bond donors (Lipinski definition) is 1. The van der Waals surface area contributed by atoms with Crippen molar-refractivity contribution in [2.45, 2.75) is 6.92 Å². The van der Waals surface area contributed by atoms with Gasteiger partial charge in [0.05, 0.1) is 15.0 Å². The molecule has 2 N–H and O–H groups in total. The van der Waals surface area contributed by atoms with E-state index in [2.05, 4.69) is 4.99 Å². The number of nitrogens with two attached hydrogens (primary N) is 1. The van der Waals surface area contributed by atoms with Crippen molar-refractivity contribution in [3.05, 3.63) is 62.5 Å². The normalized spacial score (nSPS) is 15.1. The van der Waals surface area contributed by atoms with Gasteiger partial charge in [0.15, 0.2) is 10.9 Å². The average Bonchev–Trinajstić information content (AvgIpc) is 2.92. The number of amides is 1. The number of thioether (sulfide) groups is 1. The predicted molar refractivity (Wildman–Crippen MR) is 111 cm³/mol. The Balaban J connectivity index is 1.61. The van der Waals surface area contributed by atoms with Crippen LogP contribution in [0.4, 0.5) is 0 Å². The molecule has 0 fully saturated rings. The van der Waals surface area contributed by atoms with Crippen LogP contribution in [-0.4, -0.2) is 24.3 Å². The quantitative estimate of drug-likeness (QED) is 0.539. The molecule has 0 atom stereocenters.